The van der Waals surface area contributed by atoms with Gasteiger partial charge >= 0.3 is 0 Å². The molecule has 4 heteroatoms. The molecule has 3 rings (SSSR count). The van der Waals surface area contributed by atoms with Crippen LogP contribution in [0.15, 0.2) is 41.4 Å². The fourth-order valence-electron chi connectivity index (χ4n) is 2.20. The predicted octanol–water partition coefficient (Wildman–Crippen LogP) is 2.14. The van der Waals surface area contributed by atoms with E-state index in [1.54, 1.807) is 0 Å². The van der Waals surface area contributed by atoms with Crippen molar-refractivity contribution in [3.63, 3.8) is 0 Å². The second kappa shape index (κ2) is 4.46. The van der Waals surface area contributed by atoms with Crippen LogP contribution in [-0.2, 0) is 4.79 Å². The zero-order valence-electron chi connectivity index (χ0n) is 10.9. The molecule has 2 heterocycles. The van der Waals surface area contributed by atoms with Gasteiger partial charge in [-0.25, -0.2) is 4.98 Å². The molecule has 1 atom stereocenters. The molecule has 0 aliphatic carbocycles. The first-order chi connectivity index (χ1) is 9.15. The zero-order valence-corrected chi connectivity index (χ0v) is 10.9. The lowest BCUT2D eigenvalue weighted by atomic mass is 10.1. The van der Waals surface area contributed by atoms with Crippen molar-refractivity contribution in [3.8, 4) is 0 Å². The van der Waals surface area contributed by atoms with Crippen LogP contribution < -0.4 is 5.32 Å². The summed E-state index contributed by atoms with van der Waals surface area (Å²) in [7, 11) is 0. The molecule has 0 bridgehead atoms. The van der Waals surface area contributed by atoms with E-state index < -0.39 is 0 Å². The number of aromatic nitrogens is 1. The molecular weight excluding hydrogens is 238 g/mol. The molecule has 4 nitrogen and oxygen atoms in total. The van der Waals surface area contributed by atoms with Crippen LogP contribution >= 0.6 is 0 Å². The second-order valence-corrected chi connectivity index (χ2v) is 5.05. The summed E-state index contributed by atoms with van der Waals surface area (Å²) >= 11 is 0. The van der Waals surface area contributed by atoms with Crippen LogP contribution in [0.25, 0.3) is 10.9 Å². The summed E-state index contributed by atoms with van der Waals surface area (Å²) in [5.74, 6) is 0.729. The molecule has 0 fully saturated rings. The van der Waals surface area contributed by atoms with E-state index in [1.807, 2.05) is 50.2 Å². The second-order valence-electron chi connectivity index (χ2n) is 5.05. The Balaban J connectivity index is 2.01. The summed E-state index contributed by atoms with van der Waals surface area (Å²) in [6.07, 6.45) is 0. The summed E-state index contributed by atoms with van der Waals surface area (Å²) in [4.78, 5) is 20.8. The van der Waals surface area contributed by atoms with Gasteiger partial charge in [0.05, 0.1) is 5.52 Å². The standard InChI is InChI=1S/C15H15N3O/c1-9(2)13-15(19)18-14(17-13)12-8-7-10-5-3-4-6-11(10)16-12/h3-9,13H,1-2H3,(H,17,18,19). The zero-order chi connectivity index (χ0) is 13.4. The number of nitrogens with zero attached hydrogens (tertiary/aromatic N) is 2. The van der Waals surface area contributed by atoms with Crippen LogP contribution in [-0.4, -0.2) is 22.8 Å². The lowest BCUT2D eigenvalue weighted by molar-refractivity contribution is -0.120. The summed E-state index contributed by atoms with van der Waals surface area (Å²) in [5, 5.41) is 3.90. The largest absolute Gasteiger partial charge is 0.307 e. The highest BCUT2D eigenvalue weighted by atomic mass is 16.2. The summed E-state index contributed by atoms with van der Waals surface area (Å²) in [5.41, 5.74) is 1.63. The van der Waals surface area contributed by atoms with Crippen LogP contribution in [0.5, 0.6) is 0 Å². The maximum absolute atomic E-state index is 11.8. The van der Waals surface area contributed by atoms with Crippen molar-refractivity contribution < 1.29 is 4.79 Å². The molecule has 1 aliphatic rings. The third kappa shape index (κ3) is 2.10. The summed E-state index contributed by atoms with van der Waals surface area (Å²) in [6, 6.07) is 11.5. The molecular formula is C15H15N3O. The van der Waals surface area contributed by atoms with Crippen molar-refractivity contribution in [3.05, 3.63) is 42.1 Å². The van der Waals surface area contributed by atoms with Crippen LogP contribution in [0.2, 0.25) is 0 Å². The third-order valence-corrected chi connectivity index (χ3v) is 3.25. The summed E-state index contributed by atoms with van der Waals surface area (Å²) in [6.45, 7) is 3.98. The molecule has 2 aromatic rings. The molecule has 1 aromatic carbocycles. The Bertz CT molecular complexity index is 676. The van der Waals surface area contributed by atoms with Gasteiger partial charge in [-0.15, -0.1) is 0 Å². The van der Waals surface area contributed by atoms with Crippen LogP contribution in [0.3, 0.4) is 0 Å². The molecule has 0 radical (unpaired) electrons. The minimum Gasteiger partial charge on any atom is -0.307 e. The van der Waals surface area contributed by atoms with Gasteiger partial charge in [-0.05, 0) is 18.1 Å². The number of carbonyl (C=O) groups excluding carboxylic acids is 1. The molecule has 96 valence electrons. The molecule has 1 N–H and O–H groups in total. The predicted molar refractivity (Wildman–Crippen MR) is 75.0 cm³/mol. The molecule has 1 amide bonds. The van der Waals surface area contributed by atoms with Gasteiger partial charge in [-0.1, -0.05) is 38.1 Å². The van der Waals surface area contributed by atoms with Crippen molar-refractivity contribution in [2.24, 2.45) is 10.9 Å². The highest BCUT2D eigenvalue weighted by Crippen LogP contribution is 2.16. The number of aliphatic imine (C=N–C) groups is 1. The first-order valence-electron chi connectivity index (χ1n) is 6.40. The maximum atomic E-state index is 11.8. The summed E-state index contributed by atoms with van der Waals surface area (Å²) < 4.78 is 0. The quantitative estimate of drug-likeness (QED) is 0.891. The van der Waals surface area contributed by atoms with Gasteiger partial charge in [0.25, 0.3) is 5.91 Å². The number of hydrogen-bond acceptors (Lipinski definition) is 3. The first kappa shape index (κ1) is 11.8. The van der Waals surface area contributed by atoms with Gasteiger partial charge in [0, 0.05) is 5.39 Å². The number of nitrogens with one attached hydrogen (secondary N) is 1. The van der Waals surface area contributed by atoms with E-state index in [-0.39, 0.29) is 17.9 Å². The van der Waals surface area contributed by atoms with Crippen molar-refractivity contribution >= 4 is 22.6 Å². The SMILES string of the molecule is CC(C)C1N=C(c2ccc3ccccc3n2)NC1=O. The number of hydrogen-bond donors (Lipinski definition) is 1. The number of pyridine rings is 1. The van der Waals surface area contributed by atoms with Gasteiger partial charge in [0.1, 0.15) is 11.7 Å². The Morgan fingerprint density at radius 2 is 1.95 bits per heavy atom. The average Bonchev–Trinajstić information content (AvgIpc) is 2.80. The first-order valence-corrected chi connectivity index (χ1v) is 6.40. The van der Waals surface area contributed by atoms with E-state index >= 15 is 0 Å². The average molecular weight is 253 g/mol. The van der Waals surface area contributed by atoms with Gasteiger partial charge < -0.3 is 5.32 Å². The number of amidine groups is 1. The third-order valence-electron chi connectivity index (χ3n) is 3.25. The number of fused-ring (bicyclic) bond motifs is 1. The van der Waals surface area contributed by atoms with Crippen molar-refractivity contribution in [2.75, 3.05) is 0 Å². The molecule has 0 spiro atoms. The minimum absolute atomic E-state index is 0.0417. The van der Waals surface area contributed by atoms with E-state index in [9.17, 15) is 4.79 Å². The van der Waals surface area contributed by atoms with Gasteiger partial charge in [-0.3, -0.25) is 9.79 Å². The maximum Gasteiger partial charge on any atom is 0.250 e. The number of amides is 1. The van der Waals surface area contributed by atoms with E-state index in [0.717, 1.165) is 16.6 Å². The van der Waals surface area contributed by atoms with Crippen LogP contribution in [0, 0.1) is 5.92 Å². The van der Waals surface area contributed by atoms with E-state index in [2.05, 4.69) is 15.3 Å². The van der Waals surface area contributed by atoms with Crippen LogP contribution in [0.4, 0.5) is 0 Å². The molecule has 0 saturated carbocycles. The smallest absolute Gasteiger partial charge is 0.250 e. The Labute approximate surface area is 111 Å². The molecule has 1 unspecified atom stereocenters. The fourth-order valence-corrected chi connectivity index (χ4v) is 2.20. The van der Waals surface area contributed by atoms with Gasteiger partial charge in [0.2, 0.25) is 0 Å². The highest BCUT2D eigenvalue weighted by molar-refractivity contribution is 6.13. The number of benzene rings is 1. The van der Waals surface area contributed by atoms with E-state index in [0.29, 0.717) is 5.84 Å². The van der Waals surface area contributed by atoms with Crippen LogP contribution in [0.1, 0.15) is 19.5 Å². The normalized spacial score (nSPS) is 18.8. The van der Waals surface area contributed by atoms with Crippen molar-refractivity contribution in [1.29, 1.82) is 0 Å². The monoisotopic (exact) mass is 253 g/mol. The topological polar surface area (TPSA) is 54.4 Å². The molecule has 0 saturated heterocycles. The fraction of sp³-hybridized carbons (Fsp3) is 0.267. The molecule has 19 heavy (non-hydrogen) atoms. The van der Waals surface area contributed by atoms with E-state index in [1.165, 1.54) is 0 Å². The lowest BCUT2D eigenvalue weighted by Crippen LogP contribution is -2.31. The Morgan fingerprint density at radius 1 is 1.16 bits per heavy atom. The Hall–Kier alpha value is -2.23. The number of rotatable bonds is 2. The molecule has 1 aromatic heterocycles. The van der Waals surface area contributed by atoms with Gasteiger partial charge in [0.15, 0.2) is 5.84 Å². The Morgan fingerprint density at radius 3 is 2.68 bits per heavy atom. The lowest BCUT2D eigenvalue weighted by Gasteiger charge is -2.06. The number of carbonyl (C=O) groups is 1. The molecule has 1 aliphatic heterocycles. The minimum atomic E-state index is -0.303. The van der Waals surface area contributed by atoms with Crippen molar-refractivity contribution in [2.45, 2.75) is 19.9 Å². The Kier molecular flexibility index (Phi) is 2.78. The number of para-hydroxylation sites is 1. The van der Waals surface area contributed by atoms with Gasteiger partial charge in [-0.2, -0.15) is 0 Å². The van der Waals surface area contributed by atoms with Crippen molar-refractivity contribution in [1.82, 2.24) is 10.3 Å². The highest BCUT2D eigenvalue weighted by Gasteiger charge is 2.29. The van der Waals surface area contributed by atoms with E-state index in [4.69, 9.17) is 0 Å².